The van der Waals surface area contributed by atoms with Crippen LogP contribution in [0.2, 0.25) is 0 Å². The highest BCUT2D eigenvalue weighted by molar-refractivity contribution is 4.76. The number of ether oxygens (including phenoxy) is 2. The van der Waals surface area contributed by atoms with Crippen molar-refractivity contribution >= 4 is 0 Å². The van der Waals surface area contributed by atoms with Gasteiger partial charge in [0.25, 0.3) is 0 Å². The molecule has 1 saturated carbocycles. The zero-order valence-electron chi connectivity index (χ0n) is 9.00. The summed E-state index contributed by atoms with van der Waals surface area (Å²) in [5.41, 5.74) is 0. The van der Waals surface area contributed by atoms with Crippen LogP contribution in [0, 0.1) is 0 Å². The zero-order valence-corrected chi connectivity index (χ0v) is 9.00. The summed E-state index contributed by atoms with van der Waals surface area (Å²) in [6.07, 6.45) is 6.68. The normalized spacial score (nSPS) is 27.2. The molecule has 1 aliphatic rings. The van der Waals surface area contributed by atoms with Gasteiger partial charge in [-0.25, -0.2) is 0 Å². The van der Waals surface area contributed by atoms with E-state index in [0.29, 0.717) is 25.4 Å². The average molecular weight is 199 g/mol. The molecule has 1 N–H and O–H groups in total. The van der Waals surface area contributed by atoms with Gasteiger partial charge in [-0.05, 0) is 32.7 Å². The molecule has 1 rings (SSSR count). The summed E-state index contributed by atoms with van der Waals surface area (Å²) in [5, 5.41) is 3.31. The molecule has 1 aliphatic carbocycles. The third kappa shape index (κ3) is 4.11. The predicted molar refractivity (Wildman–Crippen MR) is 57.2 cm³/mol. The molecule has 0 aliphatic heterocycles. The molecule has 0 spiro atoms. The van der Waals surface area contributed by atoms with Crippen molar-refractivity contribution in [2.24, 2.45) is 0 Å². The molecule has 0 heterocycles. The Kier molecular flexibility index (Phi) is 5.64. The lowest BCUT2D eigenvalue weighted by molar-refractivity contribution is 0.00206. The smallest absolute Gasteiger partial charge is 0.111 e. The monoisotopic (exact) mass is 199 g/mol. The van der Waals surface area contributed by atoms with Crippen molar-refractivity contribution in [3.8, 4) is 0 Å². The van der Waals surface area contributed by atoms with Crippen LogP contribution in [0.4, 0.5) is 0 Å². The van der Waals surface area contributed by atoms with E-state index in [9.17, 15) is 0 Å². The maximum Gasteiger partial charge on any atom is 0.111 e. The molecule has 82 valence electrons. The Labute approximate surface area is 86.5 Å². The summed E-state index contributed by atoms with van der Waals surface area (Å²) in [4.78, 5) is 0. The van der Waals surface area contributed by atoms with Gasteiger partial charge in [-0.1, -0.05) is 6.58 Å². The highest BCUT2D eigenvalue weighted by Crippen LogP contribution is 2.20. The number of hydrogen-bond donors (Lipinski definition) is 1. The fraction of sp³-hybridized carbons (Fsp3) is 0.818. The molecule has 0 saturated heterocycles. The Morgan fingerprint density at radius 2 is 2.00 bits per heavy atom. The van der Waals surface area contributed by atoms with Crippen molar-refractivity contribution in [3.63, 3.8) is 0 Å². The van der Waals surface area contributed by atoms with Crippen LogP contribution in [-0.2, 0) is 9.47 Å². The second-order valence-corrected chi connectivity index (χ2v) is 3.67. The molecule has 14 heavy (non-hydrogen) atoms. The van der Waals surface area contributed by atoms with E-state index in [-0.39, 0.29) is 0 Å². The Balaban J connectivity index is 2.01. The van der Waals surface area contributed by atoms with Gasteiger partial charge < -0.3 is 14.8 Å². The summed E-state index contributed by atoms with van der Waals surface area (Å²) in [5.74, 6) is 0. The first kappa shape index (κ1) is 11.5. The summed E-state index contributed by atoms with van der Waals surface area (Å²) in [7, 11) is 2.03. The fourth-order valence-electron chi connectivity index (χ4n) is 1.86. The molecular formula is C11H21NO2. The molecule has 0 aromatic rings. The minimum atomic E-state index is 0.438. The van der Waals surface area contributed by atoms with Crippen molar-refractivity contribution in [2.75, 3.05) is 20.3 Å². The fourth-order valence-corrected chi connectivity index (χ4v) is 1.86. The quantitative estimate of drug-likeness (QED) is 0.521. The molecule has 0 bridgehead atoms. The van der Waals surface area contributed by atoms with Gasteiger partial charge in [0.05, 0.1) is 19.0 Å². The van der Waals surface area contributed by atoms with Gasteiger partial charge in [0, 0.05) is 6.04 Å². The van der Waals surface area contributed by atoms with Crippen molar-refractivity contribution in [1.29, 1.82) is 0 Å². The van der Waals surface area contributed by atoms with Crippen LogP contribution in [0.5, 0.6) is 0 Å². The summed E-state index contributed by atoms with van der Waals surface area (Å²) < 4.78 is 10.7. The first-order valence-corrected chi connectivity index (χ1v) is 5.38. The summed E-state index contributed by atoms with van der Waals surface area (Å²) in [6.45, 7) is 4.78. The van der Waals surface area contributed by atoms with E-state index in [1.165, 1.54) is 31.9 Å². The average Bonchev–Trinajstić information content (AvgIpc) is 2.25. The van der Waals surface area contributed by atoms with Gasteiger partial charge in [0.15, 0.2) is 0 Å². The van der Waals surface area contributed by atoms with Crippen LogP contribution in [0.25, 0.3) is 0 Å². The zero-order chi connectivity index (χ0) is 10.2. The molecular weight excluding hydrogens is 178 g/mol. The van der Waals surface area contributed by atoms with Crippen LogP contribution in [-0.4, -0.2) is 32.4 Å². The first-order chi connectivity index (χ1) is 6.86. The van der Waals surface area contributed by atoms with Crippen LogP contribution in [0.1, 0.15) is 25.7 Å². The Hall–Kier alpha value is -0.540. The molecule has 3 heteroatoms. The Morgan fingerprint density at radius 3 is 2.57 bits per heavy atom. The highest BCUT2D eigenvalue weighted by atomic mass is 16.5. The Bertz CT molecular complexity index is 153. The molecule has 1 fully saturated rings. The van der Waals surface area contributed by atoms with Crippen molar-refractivity contribution in [2.45, 2.75) is 37.8 Å². The highest BCUT2D eigenvalue weighted by Gasteiger charge is 2.19. The molecule has 0 radical (unpaired) electrons. The van der Waals surface area contributed by atoms with E-state index in [4.69, 9.17) is 9.47 Å². The van der Waals surface area contributed by atoms with E-state index in [2.05, 4.69) is 11.9 Å². The second kappa shape index (κ2) is 6.85. The van der Waals surface area contributed by atoms with E-state index >= 15 is 0 Å². The van der Waals surface area contributed by atoms with Crippen molar-refractivity contribution < 1.29 is 9.47 Å². The van der Waals surface area contributed by atoms with Gasteiger partial charge in [0.2, 0.25) is 0 Å². The van der Waals surface area contributed by atoms with Gasteiger partial charge in [0.1, 0.15) is 6.61 Å². The SMILES string of the molecule is C=COCCOC1CCC(NC)CC1. The van der Waals surface area contributed by atoms with Gasteiger partial charge in [-0.2, -0.15) is 0 Å². The molecule has 3 nitrogen and oxygen atoms in total. The molecule has 0 atom stereocenters. The lowest BCUT2D eigenvalue weighted by Crippen LogP contribution is -2.33. The van der Waals surface area contributed by atoms with Crippen LogP contribution in [0.15, 0.2) is 12.8 Å². The lowest BCUT2D eigenvalue weighted by Gasteiger charge is -2.28. The van der Waals surface area contributed by atoms with Crippen molar-refractivity contribution in [3.05, 3.63) is 12.8 Å². The molecule has 0 aromatic carbocycles. The number of nitrogens with one attached hydrogen (secondary N) is 1. The molecule has 0 amide bonds. The third-order valence-electron chi connectivity index (χ3n) is 2.76. The molecule has 0 aromatic heterocycles. The number of hydrogen-bond acceptors (Lipinski definition) is 3. The largest absolute Gasteiger partial charge is 0.499 e. The van der Waals surface area contributed by atoms with E-state index in [1.807, 2.05) is 7.05 Å². The molecule has 0 unspecified atom stereocenters. The lowest BCUT2D eigenvalue weighted by atomic mass is 9.93. The van der Waals surface area contributed by atoms with E-state index in [0.717, 1.165) is 0 Å². The topological polar surface area (TPSA) is 30.5 Å². The van der Waals surface area contributed by atoms with E-state index < -0.39 is 0 Å². The Morgan fingerprint density at radius 1 is 1.29 bits per heavy atom. The van der Waals surface area contributed by atoms with Crippen LogP contribution < -0.4 is 5.32 Å². The number of rotatable bonds is 6. The van der Waals surface area contributed by atoms with E-state index in [1.54, 1.807) is 0 Å². The standard InChI is InChI=1S/C11H21NO2/c1-3-13-8-9-14-11-6-4-10(12-2)5-7-11/h3,10-12H,1,4-9H2,2H3. The van der Waals surface area contributed by atoms with Crippen molar-refractivity contribution in [1.82, 2.24) is 5.32 Å². The maximum absolute atomic E-state index is 5.68. The second-order valence-electron chi connectivity index (χ2n) is 3.67. The van der Waals surface area contributed by atoms with Crippen LogP contribution >= 0.6 is 0 Å². The summed E-state index contributed by atoms with van der Waals surface area (Å²) in [6, 6.07) is 0.694. The maximum atomic E-state index is 5.68. The van der Waals surface area contributed by atoms with Gasteiger partial charge >= 0.3 is 0 Å². The van der Waals surface area contributed by atoms with Gasteiger partial charge in [-0.15, -0.1) is 0 Å². The minimum Gasteiger partial charge on any atom is -0.499 e. The van der Waals surface area contributed by atoms with Crippen LogP contribution in [0.3, 0.4) is 0 Å². The third-order valence-corrected chi connectivity index (χ3v) is 2.76. The first-order valence-electron chi connectivity index (χ1n) is 5.38. The predicted octanol–water partition coefficient (Wildman–Crippen LogP) is 1.69. The van der Waals surface area contributed by atoms with Gasteiger partial charge in [-0.3, -0.25) is 0 Å². The summed E-state index contributed by atoms with van der Waals surface area (Å²) >= 11 is 0. The minimum absolute atomic E-state index is 0.438.